The predicted octanol–water partition coefficient (Wildman–Crippen LogP) is 1.80. The third kappa shape index (κ3) is 2.59. The zero-order valence-electron chi connectivity index (χ0n) is 9.40. The Morgan fingerprint density at radius 2 is 1.94 bits per heavy atom. The van der Waals surface area contributed by atoms with Crippen LogP contribution in [0.1, 0.15) is 0 Å². The predicted molar refractivity (Wildman–Crippen MR) is 71.9 cm³/mol. The second kappa shape index (κ2) is 5.24. The summed E-state index contributed by atoms with van der Waals surface area (Å²) in [6.07, 6.45) is 0. The Bertz CT molecular complexity index is 559. The third-order valence-electron chi connectivity index (χ3n) is 2.61. The van der Waals surface area contributed by atoms with E-state index in [4.69, 9.17) is 17.3 Å². The van der Waals surface area contributed by atoms with Crippen molar-refractivity contribution in [2.75, 3.05) is 30.3 Å². The monoisotopic (exact) mass is 310 g/mol. The maximum absolute atomic E-state index is 13.8. The van der Waals surface area contributed by atoms with E-state index in [1.54, 1.807) is 11.8 Å². The molecule has 1 fully saturated rings. The summed E-state index contributed by atoms with van der Waals surface area (Å²) in [7, 11) is -3.86. The number of rotatable bonds is 2. The van der Waals surface area contributed by atoms with Gasteiger partial charge in [-0.25, -0.2) is 12.8 Å². The van der Waals surface area contributed by atoms with Crippen molar-refractivity contribution in [3.8, 4) is 0 Å². The Morgan fingerprint density at radius 3 is 2.56 bits per heavy atom. The summed E-state index contributed by atoms with van der Waals surface area (Å²) < 4.78 is 39.6. The van der Waals surface area contributed by atoms with E-state index in [-0.39, 0.29) is 10.7 Å². The lowest BCUT2D eigenvalue weighted by Gasteiger charge is -2.26. The van der Waals surface area contributed by atoms with E-state index >= 15 is 0 Å². The highest BCUT2D eigenvalue weighted by atomic mass is 35.5. The average Bonchev–Trinajstić information content (AvgIpc) is 2.34. The summed E-state index contributed by atoms with van der Waals surface area (Å²) in [5, 5.41) is -0.278. The van der Waals surface area contributed by atoms with Crippen LogP contribution in [0.25, 0.3) is 0 Å². The van der Waals surface area contributed by atoms with Crippen LogP contribution in [0.5, 0.6) is 0 Å². The number of hydrogen-bond donors (Lipinski definition) is 1. The highest BCUT2D eigenvalue weighted by Crippen LogP contribution is 2.29. The van der Waals surface area contributed by atoms with Crippen LogP contribution in [0, 0.1) is 5.82 Å². The van der Waals surface area contributed by atoms with Crippen molar-refractivity contribution in [3.05, 3.63) is 23.0 Å². The minimum absolute atomic E-state index is 0.131. The molecule has 1 aromatic carbocycles. The normalized spacial score (nSPS) is 17.9. The molecular formula is C10H12ClFN2O2S2. The summed E-state index contributed by atoms with van der Waals surface area (Å²) in [5.74, 6) is 0.470. The summed E-state index contributed by atoms with van der Waals surface area (Å²) in [5.41, 5.74) is 5.65. The van der Waals surface area contributed by atoms with Crippen LogP contribution in [-0.2, 0) is 10.0 Å². The molecule has 1 aliphatic rings. The molecule has 0 unspecified atom stereocenters. The van der Waals surface area contributed by atoms with Gasteiger partial charge in [0.25, 0.3) is 0 Å². The second-order valence-corrected chi connectivity index (χ2v) is 7.37. The number of sulfonamides is 1. The van der Waals surface area contributed by atoms with E-state index in [9.17, 15) is 12.8 Å². The number of nitrogens with zero attached hydrogens (tertiary/aromatic N) is 1. The van der Waals surface area contributed by atoms with Gasteiger partial charge in [0.15, 0.2) is 5.82 Å². The van der Waals surface area contributed by atoms with E-state index in [1.165, 1.54) is 10.4 Å². The minimum Gasteiger partial charge on any atom is -0.399 e. The van der Waals surface area contributed by atoms with Crippen LogP contribution in [0.4, 0.5) is 10.1 Å². The SMILES string of the molecule is Nc1cc(Cl)c(F)c(S(=O)(=O)N2CCSCC2)c1. The standard InChI is InChI=1S/C10H12ClFN2O2S2/c11-8-5-7(13)6-9(10(8)12)18(15,16)14-1-3-17-4-2-14/h5-6H,1-4,13H2. The van der Waals surface area contributed by atoms with Crippen LogP contribution >= 0.6 is 23.4 Å². The van der Waals surface area contributed by atoms with Gasteiger partial charge in [-0.1, -0.05) is 11.6 Å². The highest BCUT2D eigenvalue weighted by molar-refractivity contribution is 7.99. The number of anilines is 1. The van der Waals surface area contributed by atoms with Crippen molar-refractivity contribution in [1.29, 1.82) is 0 Å². The highest BCUT2D eigenvalue weighted by Gasteiger charge is 2.30. The fourth-order valence-electron chi connectivity index (χ4n) is 1.70. The molecule has 0 aromatic heterocycles. The second-order valence-electron chi connectivity index (χ2n) is 3.83. The Labute approximate surface area is 114 Å². The molecule has 2 rings (SSSR count). The van der Waals surface area contributed by atoms with E-state index in [1.807, 2.05) is 0 Å². The van der Waals surface area contributed by atoms with Crippen molar-refractivity contribution in [1.82, 2.24) is 4.31 Å². The van der Waals surface area contributed by atoms with Crippen molar-refractivity contribution in [2.24, 2.45) is 0 Å². The summed E-state index contributed by atoms with van der Waals surface area (Å²) in [4.78, 5) is -0.445. The van der Waals surface area contributed by atoms with Crippen LogP contribution in [0.3, 0.4) is 0 Å². The van der Waals surface area contributed by atoms with Crippen LogP contribution in [0.15, 0.2) is 17.0 Å². The molecule has 18 heavy (non-hydrogen) atoms. The maximum Gasteiger partial charge on any atom is 0.246 e. The van der Waals surface area contributed by atoms with Gasteiger partial charge in [0.1, 0.15) is 4.90 Å². The van der Waals surface area contributed by atoms with Gasteiger partial charge in [0, 0.05) is 30.3 Å². The van der Waals surface area contributed by atoms with Gasteiger partial charge in [0.05, 0.1) is 5.02 Å². The van der Waals surface area contributed by atoms with Gasteiger partial charge in [-0.3, -0.25) is 0 Å². The topological polar surface area (TPSA) is 63.4 Å². The molecule has 4 nitrogen and oxygen atoms in total. The van der Waals surface area contributed by atoms with Crippen LogP contribution in [-0.4, -0.2) is 37.3 Å². The molecule has 1 heterocycles. The number of hydrogen-bond acceptors (Lipinski definition) is 4. The molecule has 1 aliphatic heterocycles. The zero-order valence-corrected chi connectivity index (χ0v) is 11.8. The van der Waals surface area contributed by atoms with Gasteiger partial charge in [-0.2, -0.15) is 16.1 Å². The lowest BCUT2D eigenvalue weighted by Crippen LogP contribution is -2.38. The van der Waals surface area contributed by atoms with Crippen molar-refractivity contribution in [2.45, 2.75) is 4.90 Å². The number of benzene rings is 1. The van der Waals surface area contributed by atoms with Crippen LogP contribution < -0.4 is 5.73 Å². The molecule has 0 aliphatic carbocycles. The summed E-state index contributed by atoms with van der Waals surface area (Å²) in [6.45, 7) is 0.748. The van der Waals surface area contributed by atoms with E-state index in [2.05, 4.69) is 0 Å². The zero-order chi connectivity index (χ0) is 13.3. The fraction of sp³-hybridized carbons (Fsp3) is 0.400. The number of thioether (sulfide) groups is 1. The molecule has 1 aromatic rings. The van der Waals surface area contributed by atoms with E-state index in [0.29, 0.717) is 24.6 Å². The van der Waals surface area contributed by atoms with Crippen molar-refractivity contribution in [3.63, 3.8) is 0 Å². The Hall–Kier alpha value is -0.500. The first-order valence-electron chi connectivity index (χ1n) is 5.25. The van der Waals surface area contributed by atoms with Gasteiger partial charge < -0.3 is 5.73 Å². The summed E-state index contributed by atoms with van der Waals surface area (Å²) >= 11 is 7.29. The average molecular weight is 311 g/mol. The first-order chi connectivity index (χ1) is 8.43. The Balaban J connectivity index is 2.46. The number of halogens is 2. The van der Waals surface area contributed by atoms with Crippen molar-refractivity contribution >= 4 is 39.1 Å². The van der Waals surface area contributed by atoms with E-state index < -0.39 is 20.7 Å². The molecule has 2 N–H and O–H groups in total. The lowest BCUT2D eigenvalue weighted by molar-refractivity contribution is 0.438. The Morgan fingerprint density at radius 1 is 1.33 bits per heavy atom. The van der Waals surface area contributed by atoms with Crippen LogP contribution in [0.2, 0.25) is 5.02 Å². The molecule has 100 valence electrons. The molecule has 0 bridgehead atoms. The quantitative estimate of drug-likeness (QED) is 0.846. The van der Waals surface area contributed by atoms with Gasteiger partial charge in [-0.15, -0.1) is 0 Å². The first kappa shape index (κ1) is 13.9. The molecular weight excluding hydrogens is 299 g/mol. The molecule has 0 atom stereocenters. The molecule has 8 heteroatoms. The van der Waals surface area contributed by atoms with Crippen molar-refractivity contribution < 1.29 is 12.8 Å². The molecule has 0 radical (unpaired) electrons. The smallest absolute Gasteiger partial charge is 0.246 e. The fourth-order valence-corrected chi connectivity index (χ4v) is 4.68. The molecule has 1 saturated heterocycles. The molecule has 0 spiro atoms. The number of nitrogen functional groups attached to an aromatic ring is 1. The van der Waals surface area contributed by atoms with E-state index in [0.717, 1.165) is 6.07 Å². The summed E-state index contributed by atoms with van der Waals surface area (Å²) in [6, 6.07) is 2.31. The largest absolute Gasteiger partial charge is 0.399 e. The first-order valence-corrected chi connectivity index (χ1v) is 8.22. The van der Waals surface area contributed by atoms with Gasteiger partial charge in [-0.05, 0) is 12.1 Å². The van der Waals surface area contributed by atoms with Gasteiger partial charge in [0.2, 0.25) is 10.0 Å². The molecule has 0 amide bonds. The third-order valence-corrected chi connectivity index (χ3v) is 5.72. The molecule has 0 saturated carbocycles. The maximum atomic E-state index is 13.8. The lowest BCUT2D eigenvalue weighted by atomic mass is 10.3. The van der Waals surface area contributed by atoms with Gasteiger partial charge >= 0.3 is 0 Å². The number of nitrogens with two attached hydrogens (primary N) is 1. The minimum atomic E-state index is -3.86. The Kier molecular flexibility index (Phi) is 4.05.